The Morgan fingerprint density at radius 1 is 1.10 bits per heavy atom. The van der Waals surface area contributed by atoms with Crippen LogP contribution in [0.4, 0.5) is 5.69 Å². The molecule has 0 saturated carbocycles. The molecule has 0 amide bonds. The van der Waals surface area contributed by atoms with Crippen LogP contribution in [0.2, 0.25) is 0 Å². The molecule has 3 heteroatoms. The highest BCUT2D eigenvalue weighted by molar-refractivity contribution is 5.93. The molecule has 2 aromatic carbocycles. The molecule has 0 unspecified atom stereocenters. The van der Waals surface area contributed by atoms with Gasteiger partial charge in [0.2, 0.25) is 0 Å². The largest absolute Gasteiger partial charge is 0.478 e. The van der Waals surface area contributed by atoms with Crippen LogP contribution < -0.4 is 5.32 Å². The van der Waals surface area contributed by atoms with Crippen molar-refractivity contribution in [3.8, 4) is 0 Å². The Bertz CT molecular complexity index is 601. The number of carboxylic acids is 1. The van der Waals surface area contributed by atoms with Gasteiger partial charge in [-0.2, -0.15) is 0 Å². The number of anilines is 1. The van der Waals surface area contributed by atoms with E-state index in [1.165, 1.54) is 0 Å². The first-order chi connectivity index (χ1) is 9.65. The molecule has 0 aliphatic carbocycles. The van der Waals surface area contributed by atoms with E-state index in [9.17, 15) is 9.90 Å². The summed E-state index contributed by atoms with van der Waals surface area (Å²) >= 11 is 0. The Morgan fingerprint density at radius 2 is 1.75 bits per heavy atom. The predicted molar refractivity (Wildman–Crippen MR) is 81.7 cm³/mol. The fourth-order valence-electron chi connectivity index (χ4n) is 1.81. The van der Waals surface area contributed by atoms with Crippen molar-refractivity contribution in [3.05, 3.63) is 71.3 Å². The molecule has 2 aromatic rings. The summed E-state index contributed by atoms with van der Waals surface area (Å²) < 4.78 is 0. The van der Waals surface area contributed by atoms with Crippen LogP contribution >= 0.6 is 0 Å². The van der Waals surface area contributed by atoms with Crippen molar-refractivity contribution in [3.63, 3.8) is 0 Å². The van der Waals surface area contributed by atoms with E-state index in [-0.39, 0.29) is 6.54 Å². The van der Waals surface area contributed by atoms with E-state index in [0.29, 0.717) is 5.57 Å². The number of aliphatic carboxylic acids is 1. The van der Waals surface area contributed by atoms with Crippen molar-refractivity contribution < 1.29 is 9.90 Å². The van der Waals surface area contributed by atoms with Crippen molar-refractivity contribution in [2.75, 3.05) is 11.9 Å². The Kier molecular flexibility index (Phi) is 4.56. The Hall–Kier alpha value is -2.55. The van der Waals surface area contributed by atoms with Crippen molar-refractivity contribution in [1.29, 1.82) is 0 Å². The number of carboxylic acid groups (broad SMARTS) is 1. The second-order valence-electron chi connectivity index (χ2n) is 4.60. The predicted octanol–water partition coefficient (Wildman–Crippen LogP) is 3.58. The molecule has 102 valence electrons. The van der Waals surface area contributed by atoms with Gasteiger partial charge >= 0.3 is 5.97 Å². The highest BCUT2D eigenvalue weighted by Crippen LogP contribution is 2.11. The Morgan fingerprint density at radius 3 is 2.35 bits per heavy atom. The number of nitrogens with one attached hydrogen (secondary N) is 1. The lowest BCUT2D eigenvalue weighted by Gasteiger charge is -2.07. The first kappa shape index (κ1) is 13.9. The van der Waals surface area contributed by atoms with Gasteiger partial charge in [-0.05, 0) is 30.7 Å². The zero-order valence-corrected chi connectivity index (χ0v) is 11.3. The van der Waals surface area contributed by atoms with Gasteiger partial charge in [0.05, 0.1) is 5.57 Å². The fourth-order valence-corrected chi connectivity index (χ4v) is 1.81. The quantitative estimate of drug-likeness (QED) is 0.814. The van der Waals surface area contributed by atoms with Crippen LogP contribution in [0.5, 0.6) is 0 Å². The molecule has 0 heterocycles. The van der Waals surface area contributed by atoms with Gasteiger partial charge < -0.3 is 10.4 Å². The van der Waals surface area contributed by atoms with Gasteiger partial charge in [0.1, 0.15) is 0 Å². The molecule has 20 heavy (non-hydrogen) atoms. The summed E-state index contributed by atoms with van der Waals surface area (Å²) in [5, 5.41) is 12.4. The zero-order chi connectivity index (χ0) is 14.4. The second-order valence-corrected chi connectivity index (χ2v) is 4.60. The standard InChI is InChI=1S/C17H17NO2/c1-13-7-9-14(10-8-13)11-15(17(19)20)12-18-16-5-3-2-4-6-16/h2-11,18H,12H2,1H3,(H,19,20)/b15-11+. The minimum absolute atomic E-state index is 0.285. The molecular formula is C17H17NO2. The van der Waals surface area contributed by atoms with Gasteiger partial charge in [0.15, 0.2) is 0 Å². The van der Waals surface area contributed by atoms with Crippen LogP contribution in [0.15, 0.2) is 60.2 Å². The van der Waals surface area contributed by atoms with Crippen molar-refractivity contribution >= 4 is 17.7 Å². The maximum Gasteiger partial charge on any atom is 0.333 e. The number of carbonyl (C=O) groups is 1. The van der Waals surface area contributed by atoms with Crippen LogP contribution in [0, 0.1) is 6.92 Å². The lowest BCUT2D eigenvalue weighted by Crippen LogP contribution is -2.12. The van der Waals surface area contributed by atoms with E-state index < -0.39 is 5.97 Å². The first-order valence-corrected chi connectivity index (χ1v) is 6.44. The molecule has 0 aliphatic rings. The highest BCUT2D eigenvalue weighted by atomic mass is 16.4. The molecule has 0 bridgehead atoms. The lowest BCUT2D eigenvalue weighted by molar-refractivity contribution is -0.132. The van der Waals surface area contributed by atoms with Crippen LogP contribution in [0.1, 0.15) is 11.1 Å². The van der Waals surface area contributed by atoms with E-state index in [0.717, 1.165) is 16.8 Å². The SMILES string of the molecule is Cc1ccc(/C=C(\CNc2ccccc2)C(=O)O)cc1. The minimum Gasteiger partial charge on any atom is -0.478 e. The number of benzene rings is 2. The van der Waals surface area contributed by atoms with Crippen LogP contribution in [-0.2, 0) is 4.79 Å². The molecule has 0 radical (unpaired) electrons. The average Bonchev–Trinajstić information content (AvgIpc) is 2.46. The lowest BCUT2D eigenvalue weighted by atomic mass is 10.1. The summed E-state index contributed by atoms with van der Waals surface area (Å²) in [6.07, 6.45) is 1.69. The molecule has 2 N–H and O–H groups in total. The van der Waals surface area contributed by atoms with Crippen LogP contribution in [-0.4, -0.2) is 17.6 Å². The fraction of sp³-hybridized carbons (Fsp3) is 0.118. The number of aryl methyl sites for hydroxylation is 1. The molecule has 0 aromatic heterocycles. The summed E-state index contributed by atoms with van der Waals surface area (Å²) in [4.78, 5) is 11.3. The Balaban J connectivity index is 2.11. The summed E-state index contributed by atoms with van der Waals surface area (Å²) in [5.41, 5.74) is 3.28. The smallest absolute Gasteiger partial charge is 0.333 e. The number of rotatable bonds is 5. The summed E-state index contributed by atoms with van der Waals surface area (Å²) in [7, 11) is 0. The van der Waals surface area contributed by atoms with E-state index in [1.807, 2.05) is 61.5 Å². The van der Waals surface area contributed by atoms with E-state index >= 15 is 0 Å². The number of hydrogen-bond acceptors (Lipinski definition) is 2. The van der Waals surface area contributed by atoms with Crippen molar-refractivity contribution in [1.82, 2.24) is 0 Å². The summed E-state index contributed by atoms with van der Waals surface area (Å²) in [5.74, 6) is -0.908. The van der Waals surface area contributed by atoms with E-state index in [2.05, 4.69) is 5.32 Å². The van der Waals surface area contributed by atoms with Gasteiger partial charge in [-0.3, -0.25) is 0 Å². The third-order valence-electron chi connectivity index (χ3n) is 2.95. The third kappa shape index (κ3) is 3.99. The molecule has 0 saturated heterocycles. The second kappa shape index (κ2) is 6.57. The van der Waals surface area contributed by atoms with Gasteiger partial charge in [0.25, 0.3) is 0 Å². The van der Waals surface area contributed by atoms with Gasteiger partial charge in [-0.1, -0.05) is 48.0 Å². The highest BCUT2D eigenvalue weighted by Gasteiger charge is 2.07. The minimum atomic E-state index is -0.908. The molecule has 3 nitrogen and oxygen atoms in total. The molecule has 0 spiro atoms. The summed E-state index contributed by atoms with van der Waals surface area (Å²) in [6, 6.07) is 17.3. The Labute approximate surface area is 118 Å². The maximum atomic E-state index is 11.3. The first-order valence-electron chi connectivity index (χ1n) is 6.44. The molecule has 0 atom stereocenters. The molecule has 0 aliphatic heterocycles. The summed E-state index contributed by atoms with van der Waals surface area (Å²) in [6.45, 7) is 2.29. The van der Waals surface area contributed by atoms with E-state index in [1.54, 1.807) is 6.08 Å². The molecule has 0 fully saturated rings. The van der Waals surface area contributed by atoms with Gasteiger partial charge in [-0.15, -0.1) is 0 Å². The van der Waals surface area contributed by atoms with Gasteiger partial charge in [0, 0.05) is 12.2 Å². The molecular weight excluding hydrogens is 250 g/mol. The van der Waals surface area contributed by atoms with Gasteiger partial charge in [-0.25, -0.2) is 4.79 Å². The van der Waals surface area contributed by atoms with Crippen molar-refractivity contribution in [2.45, 2.75) is 6.92 Å². The third-order valence-corrected chi connectivity index (χ3v) is 2.95. The topological polar surface area (TPSA) is 49.3 Å². The van der Waals surface area contributed by atoms with Crippen molar-refractivity contribution in [2.24, 2.45) is 0 Å². The zero-order valence-electron chi connectivity index (χ0n) is 11.3. The maximum absolute atomic E-state index is 11.3. The number of hydrogen-bond donors (Lipinski definition) is 2. The normalized spacial score (nSPS) is 11.2. The monoisotopic (exact) mass is 267 g/mol. The van der Waals surface area contributed by atoms with Crippen LogP contribution in [0.25, 0.3) is 6.08 Å². The average molecular weight is 267 g/mol. The molecule has 2 rings (SSSR count). The van der Waals surface area contributed by atoms with E-state index in [4.69, 9.17) is 0 Å². The van der Waals surface area contributed by atoms with Crippen LogP contribution in [0.3, 0.4) is 0 Å². The number of para-hydroxylation sites is 1.